The molecule has 0 fully saturated rings. The first-order valence-electron chi connectivity index (χ1n) is 6.75. The summed E-state index contributed by atoms with van der Waals surface area (Å²) in [7, 11) is 1.47. The fourth-order valence-electron chi connectivity index (χ4n) is 2.23. The van der Waals surface area contributed by atoms with E-state index in [0.717, 1.165) is 17.9 Å². The molecule has 116 valence electrons. The number of fused-ring (bicyclic) bond motifs is 1. The molecule has 1 heterocycles. The maximum atomic E-state index is 13.8. The second-order valence-electron chi connectivity index (χ2n) is 5.49. The molecule has 0 saturated heterocycles. The Labute approximate surface area is 133 Å². The number of methoxy groups -OCH3 is 1. The molecule has 0 aliphatic heterocycles. The van der Waals surface area contributed by atoms with Gasteiger partial charge < -0.3 is 9.30 Å². The van der Waals surface area contributed by atoms with E-state index in [0.29, 0.717) is 17.8 Å². The van der Waals surface area contributed by atoms with E-state index in [1.807, 2.05) is 0 Å². The van der Waals surface area contributed by atoms with E-state index < -0.39 is 5.82 Å². The number of hydrogen-bond donors (Lipinski definition) is 0. The molecule has 2 aromatic rings. The summed E-state index contributed by atoms with van der Waals surface area (Å²) >= 11 is 7.66. The van der Waals surface area contributed by atoms with E-state index in [1.54, 1.807) is 17.8 Å². The van der Waals surface area contributed by atoms with Crippen molar-refractivity contribution in [3.8, 4) is 5.75 Å². The van der Waals surface area contributed by atoms with Crippen LogP contribution < -0.4 is 4.74 Å². The van der Waals surface area contributed by atoms with Crippen LogP contribution in [0.4, 0.5) is 4.39 Å². The molecule has 0 N–H and O–H groups in total. The zero-order valence-electron chi connectivity index (χ0n) is 12.7. The minimum Gasteiger partial charge on any atom is -0.494 e. The minimum absolute atomic E-state index is 0.0519. The van der Waals surface area contributed by atoms with E-state index in [2.05, 4.69) is 29.7 Å². The Morgan fingerprint density at radius 2 is 2.14 bits per heavy atom. The molecule has 1 aromatic carbocycles. The molecule has 2 rings (SSSR count). The van der Waals surface area contributed by atoms with Crippen LogP contribution in [-0.4, -0.2) is 33.5 Å². The SMILES string of the molecule is COc1cc2c(cc1F)nc(CCCl)n2CC(C)(C)SC. The topological polar surface area (TPSA) is 27.1 Å². The van der Waals surface area contributed by atoms with Crippen LogP contribution in [0, 0.1) is 5.82 Å². The van der Waals surface area contributed by atoms with Crippen LogP contribution >= 0.6 is 23.4 Å². The first kappa shape index (κ1) is 16.4. The largest absolute Gasteiger partial charge is 0.494 e. The van der Waals surface area contributed by atoms with E-state index in [1.165, 1.54) is 13.2 Å². The summed E-state index contributed by atoms with van der Waals surface area (Å²) in [5.74, 6) is 1.22. The third-order valence-electron chi connectivity index (χ3n) is 3.51. The van der Waals surface area contributed by atoms with E-state index in [9.17, 15) is 4.39 Å². The molecule has 21 heavy (non-hydrogen) atoms. The number of aromatic nitrogens is 2. The highest BCUT2D eigenvalue weighted by Gasteiger charge is 2.22. The van der Waals surface area contributed by atoms with Gasteiger partial charge in [0.2, 0.25) is 0 Å². The molecule has 0 saturated carbocycles. The lowest BCUT2D eigenvalue weighted by Gasteiger charge is -2.24. The average Bonchev–Trinajstić information content (AvgIpc) is 2.75. The molecule has 0 spiro atoms. The first-order chi connectivity index (χ1) is 9.91. The maximum Gasteiger partial charge on any atom is 0.167 e. The van der Waals surface area contributed by atoms with Crippen molar-refractivity contribution in [3.63, 3.8) is 0 Å². The number of alkyl halides is 1. The number of imidazole rings is 1. The third kappa shape index (κ3) is 3.46. The van der Waals surface area contributed by atoms with Gasteiger partial charge in [-0.3, -0.25) is 0 Å². The Balaban J connectivity index is 2.60. The van der Waals surface area contributed by atoms with Gasteiger partial charge in [-0.1, -0.05) is 0 Å². The molecular formula is C15H20ClFN2OS. The Hall–Kier alpha value is -0.940. The second kappa shape index (κ2) is 6.44. The minimum atomic E-state index is -0.392. The predicted octanol–water partition coefficient (Wildman–Crippen LogP) is 4.11. The standard InChI is InChI=1S/C15H20ClFN2OS/c1-15(2,21-4)9-19-12-8-13(20-3)10(17)7-11(12)18-14(19)5-6-16/h7-8H,5-6,9H2,1-4H3. The normalized spacial score (nSPS) is 12.1. The third-order valence-corrected chi connectivity index (χ3v) is 4.93. The lowest BCUT2D eigenvalue weighted by atomic mass is 10.2. The van der Waals surface area contributed by atoms with Gasteiger partial charge in [-0.05, 0) is 20.1 Å². The highest BCUT2D eigenvalue weighted by molar-refractivity contribution is 7.99. The number of rotatable bonds is 6. The summed E-state index contributed by atoms with van der Waals surface area (Å²) in [6.45, 7) is 5.13. The Morgan fingerprint density at radius 3 is 2.71 bits per heavy atom. The Bertz CT molecular complexity index is 642. The van der Waals surface area contributed by atoms with Crippen LogP contribution in [0.3, 0.4) is 0 Å². The quantitative estimate of drug-likeness (QED) is 0.746. The summed E-state index contributed by atoms with van der Waals surface area (Å²) in [4.78, 5) is 4.53. The summed E-state index contributed by atoms with van der Waals surface area (Å²) in [5.41, 5.74) is 1.53. The van der Waals surface area contributed by atoms with Crippen LogP contribution in [-0.2, 0) is 13.0 Å². The van der Waals surface area contributed by atoms with Crippen molar-refractivity contribution in [1.82, 2.24) is 9.55 Å². The van der Waals surface area contributed by atoms with Gasteiger partial charge in [-0.2, -0.15) is 11.8 Å². The molecule has 1 aromatic heterocycles. The molecular weight excluding hydrogens is 311 g/mol. The lowest BCUT2D eigenvalue weighted by Crippen LogP contribution is -2.23. The Morgan fingerprint density at radius 1 is 1.43 bits per heavy atom. The second-order valence-corrected chi connectivity index (χ2v) is 7.38. The predicted molar refractivity (Wildman–Crippen MR) is 88.3 cm³/mol. The number of ether oxygens (including phenoxy) is 1. The molecule has 0 atom stereocenters. The number of thioether (sulfide) groups is 1. The van der Waals surface area contributed by atoms with Crippen molar-refractivity contribution in [2.45, 2.75) is 31.6 Å². The molecule has 3 nitrogen and oxygen atoms in total. The van der Waals surface area contributed by atoms with Gasteiger partial charge in [0.25, 0.3) is 0 Å². The number of nitrogens with zero attached hydrogens (tertiary/aromatic N) is 2. The molecule has 0 unspecified atom stereocenters. The molecule has 0 amide bonds. The van der Waals surface area contributed by atoms with Gasteiger partial charge in [0, 0.05) is 35.7 Å². The van der Waals surface area contributed by atoms with Gasteiger partial charge in [-0.15, -0.1) is 11.6 Å². The van der Waals surface area contributed by atoms with Crippen molar-refractivity contribution in [2.24, 2.45) is 0 Å². The van der Waals surface area contributed by atoms with Gasteiger partial charge in [-0.25, -0.2) is 9.37 Å². The summed E-state index contributed by atoms with van der Waals surface area (Å²) in [5, 5.41) is 0. The van der Waals surface area contributed by atoms with Crippen molar-refractivity contribution in [3.05, 3.63) is 23.8 Å². The zero-order valence-corrected chi connectivity index (χ0v) is 14.3. The monoisotopic (exact) mass is 330 g/mol. The van der Waals surface area contributed by atoms with Crippen molar-refractivity contribution in [2.75, 3.05) is 19.2 Å². The van der Waals surface area contributed by atoms with Crippen molar-refractivity contribution >= 4 is 34.4 Å². The molecule has 0 bridgehead atoms. The van der Waals surface area contributed by atoms with Crippen molar-refractivity contribution < 1.29 is 9.13 Å². The van der Waals surface area contributed by atoms with Crippen LogP contribution in [0.2, 0.25) is 0 Å². The van der Waals surface area contributed by atoms with Crippen LogP contribution in [0.5, 0.6) is 5.75 Å². The summed E-state index contributed by atoms with van der Waals surface area (Å²) < 4.78 is 21.1. The molecule has 0 aliphatic carbocycles. The van der Waals surface area contributed by atoms with E-state index in [4.69, 9.17) is 16.3 Å². The maximum absolute atomic E-state index is 13.8. The highest BCUT2D eigenvalue weighted by atomic mass is 35.5. The number of halogens is 2. The smallest absolute Gasteiger partial charge is 0.167 e. The van der Waals surface area contributed by atoms with Crippen LogP contribution in [0.25, 0.3) is 11.0 Å². The van der Waals surface area contributed by atoms with Crippen LogP contribution in [0.15, 0.2) is 12.1 Å². The summed E-state index contributed by atoms with van der Waals surface area (Å²) in [6, 6.07) is 3.14. The summed E-state index contributed by atoms with van der Waals surface area (Å²) in [6.07, 6.45) is 2.74. The van der Waals surface area contributed by atoms with E-state index in [-0.39, 0.29) is 10.5 Å². The van der Waals surface area contributed by atoms with Gasteiger partial charge in [0.05, 0.1) is 18.1 Å². The number of aryl methyl sites for hydroxylation is 1. The zero-order chi connectivity index (χ0) is 15.6. The van der Waals surface area contributed by atoms with Crippen molar-refractivity contribution in [1.29, 1.82) is 0 Å². The number of benzene rings is 1. The average molecular weight is 331 g/mol. The molecule has 0 aliphatic rings. The number of hydrogen-bond acceptors (Lipinski definition) is 3. The highest BCUT2D eigenvalue weighted by Crippen LogP contribution is 2.30. The Kier molecular flexibility index (Phi) is 5.04. The first-order valence-corrected chi connectivity index (χ1v) is 8.51. The molecule has 6 heteroatoms. The van der Waals surface area contributed by atoms with Gasteiger partial charge in [0.1, 0.15) is 5.82 Å². The fourth-order valence-corrected chi connectivity index (χ4v) is 2.66. The molecule has 0 radical (unpaired) electrons. The van der Waals surface area contributed by atoms with Gasteiger partial charge in [0.15, 0.2) is 11.6 Å². The van der Waals surface area contributed by atoms with E-state index >= 15 is 0 Å². The van der Waals surface area contributed by atoms with Gasteiger partial charge >= 0.3 is 0 Å². The lowest BCUT2D eigenvalue weighted by molar-refractivity contribution is 0.387. The fraction of sp³-hybridized carbons (Fsp3) is 0.533. The van der Waals surface area contributed by atoms with Crippen LogP contribution in [0.1, 0.15) is 19.7 Å².